The van der Waals surface area contributed by atoms with Crippen molar-refractivity contribution in [2.75, 3.05) is 80.8 Å². The molecule has 0 bridgehead atoms. The van der Waals surface area contributed by atoms with Crippen molar-refractivity contribution in [3.63, 3.8) is 0 Å². The third-order valence-corrected chi connectivity index (χ3v) is 7.67. The van der Waals surface area contributed by atoms with Gasteiger partial charge in [-0.25, -0.2) is 0 Å². The maximum atomic E-state index is 11.2. The molecule has 10 heteroatoms. The Balaban J connectivity index is 2.69. The predicted molar refractivity (Wildman–Crippen MR) is 162 cm³/mol. The average molecular weight is 577 g/mol. The van der Waals surface area contributed by atoms with Gasteiger partial charge in [-0.15, -0.1) is 0 Å². The van der Waals surface area contributed by atoms with E-state index in [0.717, 1.165) is 33.4 Å². The van der Waals surface area contributed by atoms with Gasteiger partial charge in [0.2, 0.25) is 0 Å². The molecule has 6 N–H and O–H groups in total. The monoisotopic (exact) mass is 576 g/mol. The molecule has 2 rings (SSSR count). The Morgan fingerprint density at radius 3 is 0.902 bits per heavy atom. The molecule has 232 valence electrons. The Bertz CT molecular complexity index is 943. The fourth-order valence-electron chi connectivity index (χ4n) is 5.05. The van der Waals surface area contributed by atoms with E-state index in [0.29, 0.717) is 52.4 Å². The maximum Gasteiger partial charge on any atom is 0.124 e. The van der Waals surface area contributed by atoms with Crippen molar-refractivity contribution in [1.29, 1.82) is 0 Å². The molecule has 2 aromatic rings. The van der Waals surface area contributed by atoms with Crippen molar-refractivity contribution >= 4 is 0 Å². The second-order valence-electron chi connectivity index (χ2n) is 11.8. The van der Waals surface area contributed by atoms with Crippen LogP contribution in [0.2, 0.25) is 0 Å². The SMILES string of the molecule is CN(CCO)Cc1cc(C(C)(C)c2cc(CN(C)CCO)c(O)c(CN(C)CCO)c2)cc(CN(C)CCO)c1O. The smallest absolute Gasteiger partial charge is 0.124 e. The molecule has 0 radical (unpaired) electrons. The highest BCUT2D eigenvalue weighted by Crippen LogP contribution is 2.39. The first-order chi connectivity index (χ1) is 19.4. The first-order valence-electron chi connectivity index (χ1n) is 14.3. The summed E-state index contributed by atoms with van der Waals surface area (Å²) >= 11 is 0. The average Bonchev–Trinajstić information content (AvgIpc) is 2.89. The number of hydrogen-bond acceptors (Lipinski definition) is 10. The summed E-state index contributed by atoms with van der Waals surface area (Å²) in [5.74, 6) is 0.421. The fraction of sp³-hybridized carbons (Fsp3) is 0.613. The lowest BCUT2D eigenvalue weighted by Gasteiger charge is -2.31. The van der Waals surface area contributed by atoms with Gasteiger partial charge in [0, 0.05) is 80.0 Å². The normalized spacial score (nSPS) is 12.4. The minimum atomic E-state index is -0.523. The number of phenols is 2. The number of aliphatic hydroxyl groups is 4. The summed E-state index contributed by atoms with van der Waals surface area (Å²) in [4.78, 5) is 7.82. The second-order valence-corrected chi connectivity index (χ2v) is 11.8. The number of likely N-dealkylation sites (N-methyl/N-ethyl adjacent to an activating group) is 4. The van der Waals surface area contributed by atoms with Crippen LogP contribution in [0.3, 0.4) is 0 Å². The Kier molecular flexibility index (Phi) is 14.0. The van der Waals surface area contributed by atoms with Crippen molar-refractivity contribution in [3.8, 4) is 11.5 Å². The van der Waals surface area contributed by atoms with Crippen molar-refractivity contribution in [1.82, 2.24) is 19.6 Å². The van der Waals surface area contributed by atoms with Gasteiger partial charge in [0.05, 0.1) is 26.4 Å². The minimum Gasteiger partial charge on any atom is -0.507 e. The lowest BCUT2D eigenvalue weighted by Crippen LogP contribution is -2.26. The molecule has 0 aliphatic carbocycles. The molecule has 41 heavy (non-hydrogen) atoms. The second kappa shape index (κ2) is 16.4. The van der Waals surface area contributed by atoms with E-state index < -0.39 is 5.41 Å². The van der Waals surface area contributed by atoms with E-state index in [2.05, 4.69) is 13.8 Å². The highest BCUT2D eigenvalue weighted by atomic mass is 16.3. The number of rotatable bonds is 18. The van der Waals surface area contributed by atoms with Gasteiger partial charge in [-0.2, -0.15) is 0 Å². The number of phenolic OH excluding ortho intramolecular Hbond substituents is 2. The van der Waals surface area contributed by atoms with Gasteiger partial charge in [-0.3, -0.25) is 19.6 Å². The summed E-state index contributed by atoms with van der Waals surface area (Å²) in [6, 6.07) is 8.06. The number of hydrogen-bond donors (Lipinski definition) is 6. The van der Waals surface area contributed by atoms with Crippen LogP contribution in [0.1, 0.15) is 47.2 Å². The molecule has 0 saturated heterocycles. The number of aliphatic hydroxyl groups excluding tert-OH is 4. The summed E-state index contributed by atoms with van der Waals surface area (Å²) in [5, 5.41) is 60.2. The van der Waals surface area contributed by atoms with E-state index in [-0.39, 0.29) is 37.9 Å². The van der Waals surface area contributed by atoms with Crippen LogP contribution >= 0.6 is 0 Å². The lowest BCUT2D eigenvalue weighted by molar-refractivity contribution is 0.212. The first kappa shape index (κ1) is 34.9. The molecular formula is C31H52N4O6. The van der Waals surface area contributed by atoms with Gasteiger partial charge in [-0.05, 0) is 63.6 Å². The van der Waals surface area contributed by atoms with Crippen molar-refractivity contribution in [2.45, 2.75) is 45.4 Å². The molecule has 0 aromatic heterocycles. The Morgan fingerprint density at radius 2 is 0.707 bits per heavy atom. The molecule has 0 amide bonds. The van der Waals surface area contributed by atoms with Gasteiger partial charge >= 0.3 is 0 Å². The number of nitrogens with zero attached hydrogens (tertiary/aromatic N) is 4. The molecule has 0 unspecified atom stereocenters. The van der Waals surface area contributed by atoms with E-state index in [4.69, 9.17) is 0 Å². The highest BCUT2D eigenvalue weighted by Gasteiger charge is 2.28. The van der Waals surface area contributed by atoms with Crippen molar-refractivity contribution in [2.24, 2.45) is 0 Å². The van der Waals surface area contributed by atoms with Crippen LogP contribution in [0.5, 0.6) is 11.5 Å². The Labute approximate surface area is 245 Å². The summed E-state index contributed by atoms with van der Waals surface area (Å²) in [5.41, 5.74) is 4.47. The summed E-state index contributed by atoms with van der Waals surface area (Å²) in [6.45, 7) is 8.02. The topological polar surface area (TPSA) is 134 Å². The molecule has 0 aliphatic rings. The number of benzene rings is 2. The molecule has 0 saturated carbocycles. The lowest BCUT2D eigenvalue weighted by atomic mass is 9.75. The molecule has 0 aliphatic heterocycles. The van der Waals surface area contributed by atoms with Crippen molar-refractivity contribution in [3.05, 3.63) is 57.6 Å². The van der Waals surface area contributed by atoms with Gasteiger partial charge < -0.3 is 30.6 Å². The molecular weight excluding hydrogens is 524 g/mol. The zero-order chi connectivity index (χ0) is 30.7. The standard InChI is InChI=1S/C31H52N4O6/c1-31(2,27-15-23(19-32(3)7-11-36)29(40)24(16-27)20-33(4)8-12-37)28-17-25(21-34(5)9-13-38)30(41)26(18-28)22-35(6)10-14-39/h15-18,36-41H,7-14,19-22H2,1-6H3. The molecule has 10 nitrogen and oxygen atoms in total. The van der Waals surface area contributed by atoms with Crippen LogP contribution in [-0.4, -0.2) is 131 Å². The van der Waals surface area contributed by atoms with Crippen LogP contribution < -0.4 is 0 Å². The summed E-state index contributed by atoms with van der Waals surface area (Å²) in [6.07, 6.45) is 0. The van der Waals surface area contributed by atoms with E-state index >= 15 is 0 Å². The summed E-state index contributed by atoms with van der Waals surface area (Å²) in [7, 11) is 7.59. The third-order valence-electron chi connectivity index (χ3n) is 7.67. The summed E-state index contributed by atoms with van der Waals surface area (Å²) < 4.78 is 0. The quantitative estimate of drug-likeness (QED) is 0.153. The van der Waals surface area contributed by atoms with Gasteiger partial charge in [0.25, 0.3) is 0 Å². The van der Waals surface area contributed by atoms with E-state index in [1.165, 1.54) is 0 Å². The molecule has 0 fully saturated rings. The predicted octanol–water partition coefficient (Wildman–Crippen LogP) is 1.12. The van der Waals surface area contributed by atoms with E-state index in [9.17, 15) is 30.6 Å². The minimum absolute atomic E-state index is 0.0169. The molecule has 0 heterocycles. The van der Waals surface area contributed by atoms with Gasteiger partial charge in [0.1, 0.15) is 11.5 Å². The fourth-order valence-corrected chi connectivity index (χ4v) is 5.05. The highest BCUT2D eigenvalue weighted by molar-refractivity contribution is 5.52. The zero-order valence-corrected chi connectivity index (χ0v) is 25.8. The van der Waals surface area contributed by atoms with E-state index in [1.807, 2.05) is 72.1 Å². The number of aromatic hydroxyl groups is 2. The maximum absolute atomic E-state index is 11.2. The van der Waals surface area contributed by atoms with E-state index in [1.54, 1.807) is 0 Å². The van der Waals surface area contributed by atoms with Gasteiger partial charge in [0.15, 0.2) is 0 Å². The van der Waals surface area contributed by atoms with Crippen LogP contribution in [0.4, 0.5) is 0 Å². The molecule has 2 aromatic carbocycles. The largest absolute Gasteiger partial charge is 0.507 e. The van der Waals surface area contributed by atoms with Crippen LogP contribution in [0.15, 0.2) is 24.3 Å². The molecule has 0 spiro atoms. The third kappa shape index (κ3) is 9.90. The van der Waals surface area contributed by atoms with Gasteiger partial charge in [-0.1, -0.05) is 13.8 Å². The van der Waals surface area contributed by atoms with Crippen LogP contribution in [-0.2, 0) is 31.6 Å². The van der Waals surface area contributed by atoms with Crippen molar-refractivity contribution < 1.29 is 30.6 Å². The Morgan fingerprint density at radius 1 is 0.488 bits per heavy atom. The Hall–Kier alpha value is -2.28. The van der Waals surface area contributed by atoms with Crippen LogP contribution in [0.25, 0.3) is 0 Å². The zero-order valence-electron chi connectivity index (χ0n) is 25.8. The van der Waals surface area contributed by atoms with Crippen LogP contribution in [0, 0.1) is 0 Å². The molecule has 0 atom stereocenters. The first-order valence-corrected chi connectivity index (χ1v) is 14.3.